The van der Waals surface area contributed by atoms with E-state index in [2.05, 4.69) is 20.6 Å². The number of aryl methyl sites for hydroxylation is 1. The number of anilines is 1. The number of hydrogen-bond donors (Lipinski definition) is 1. The van der Waals surface area contributed by atoms with Gasteiger partial charge in [0.25, 0.3) is 5.82 Å². The van der Waals surface area contributed by atoms with Gasteiger partial charge in [-0.05, 0) is 49.1 Å². The Hall–Kier alpha value is -3.24. The van der Waals surface area contributed by atoms with Crippen molar-refractivity contribution in [2.45, 2.75) is 32.5 Å². The van der Waals surface area contributed by atoms with Gasteiger partial charge in [-0.25, -0.2) is 4.39 Å². The molecular weight excluding hydrogens is 416 g/mol. The number of hydrogen-bond acceptors (Lipinski definition) is 5. The van der Waals surface area contributed by atoms with E-state index < -0.39 is 12.0 Å². The Balaban J connectivity index is 1.37. The van der Waals surface area contributed by atoms with Crippen molar-refractivity contribution in [1.82, 2.24) is 25.1 Å². The molecule has 0 saturated carbocycles. The Morgan fingerprint density at radius 2 is 1.90 bits per heavy atom. The molecule has 1 N–H and O–H groups in total. The van der Waals surface area contributed by atoms with E-state index >= 15 is 0 Å². The van der Waals surface area contributed by atoms with Crippen molar-refractivity contribution in [2.75, 3.05) is 18.0 Å². The van der Waals surface area contributed by atoms with Crippen LogP contribution in [0.2, 0.25) is 0 Å². The first-order chi connectivity index (χ1) is 14.7. The fraction of sp³-hybridized carbons (Fsp3) is 0.400. The number of carbonyl (C=O) groups is 1. The van der Waals surface area contributed by atoms with Crippen LogP contribution in [0.4, 0.5) is 23.4 Å². The zero-order chi connectivity index (χ0) is 22.2. The molecule has 0 bridgehead atoms. The second-order valence-electron chi connectivity index (χ2n) is 7.55. The average molecular weight is 436 g/mol. The minimum absolute atomic E-state index is 0.0152. The number of piperidine rings is 1. The summed E-state index contributed by atoms with van der Waals surface area (Å²) in [4.78, 5) is 14.3. The molecule has 4 rings (SSSR count). The summed E-state index contributed by atoms with van der Waals surface area (Å²) in [5, 5.41) is 13.6. The van der Waals surface area contributed by atoms with E-state index in [9.17, 15) is 22.4 Å². The number of amides is 1. The van der Waals surface area contributed by atoms with Crippen molar-refractivity contribution >= 4 is 17.4 Å². The summed E-state index contributed by atoms with van der Waals surface area (Å²) in [7, 11) is 0. The fourth-order valence-corrected chi connectivity index (χ4v) is 3.65. The normalized spacial score (nSPS) is 15.5. The molecule has 3 aromatic rings. The number of aromatic nitrogens is 4. The van der Waals surface area contributed by atoms with Gasteiger partial charge < -0.3 is 10.2 Å². The standard InChI is InChI=1S/C20H20F4N6O/c1-12-10-13(2-3-15(12)21)11-25-18(31)14-6-8-29(9-7-14)17-5-4-16-26-27-19(20(22,23)24)30(16)28-17/h2-5,10,14H,6-9,11H2,1H3,(H,25,31). The molecule has 1 aliphatic rings. The molecule has 0 unspecified atom stereocenters. The smallest absolute Gasteiger partial charge is 0.355 e. The Kier molecular flexibility index (Phi) is 5.50. The Labute approximate surface area is 175 Å². The predicted molar refractivity (Wildman–Crippen MR) is 104 cm³/mol. The summed E-state index contributed by atoms with van der Waals surface area (Å²) in [5.41, 5.74) is 1.35. The topological polar surface area (TPSA) is 75.4 Å². The number of benzene rings is 1. The van der Waals surface area contributed by atoms with Crippen molar-refractivity contribution in [3.8, 4) is 0 Å². The molecule has 3 heterocycles. The van der Waals surface area contributed by atoms with Crippen molar-refractivity contribution in [2.24, 2.45) is 5.92 Å². The molecule has 31 heavy (non-hydrogen) atoms. The van der Waals surface area contributed by atoms with Gasteiger partial charge in [-0.1, -0.05) is 12.1 Å². The van der Waals surface area contributed by atoms with E-state index in [1.165, 1.54) is 12.1 Å². The Morgan fingerprint density at radius 3 is 2.58 bits per heavy atom. The first-order valence-electron chi connectivity index (χ1n) is 9.80. The molecule has 0 aliphatic carbocycles. The van der Waals surface area contributed by atoms with Gasteiger partial charge in [0.05, 0.1) is 0 Å². The lowest BCUT2D eigenvalue weighted by Gasteiger charge is -2.32. The Morgan fingerprint density at radius 1 is 1.16 bits per heavy atom. The van der Waals surface area contributed by atoms with Crippen LogP contribution >= 0.6 is 0 Å². The van der Waals surface area contributed by atoms with Gasteiger partial charge in [0, 0.05) is 25.6 Å². The van der Waals surface area contributed by atoms with Gasteiger partial charge in [-0.3, -0.25) is 4.79 Å². The second kappa shape index (κ2) is 8.12. The number of carbonyl (C=O) groups excluding carboxylic acids is 1. The molecule has 0 atom stereocenters. The highest BCUT2D eigenvalue weighted by Gasteiger charge is 2.38. The minimum Gasteiger partial charge on any atom is -0.355 e. The van der Waals surface area contributed by atoms with Crippen molar-refractivity contribution in [1.29, 1.82) is 0 Å². The van der Waals surface area contributed by atoms with Crippen molar-refractivity contribution in [3.63, 3.8) is 0 Å². The highest BCUT2D eigenvalue weighted by Crippen LogP contribution is 2.28. The van der Waals surface area contributed by atoms with Gasteiger partial charge in [0.1, 0.15) is 11.6 Å². The zero-order valence-electron chi connectivity index (χ0n) is 16.7. The lowest BCUT2D eigenvalue weighted by molar-refractivity contribution is -0.146. The molecule has 11 heteroatoms. The molecule has 1 saturated heterocycles. The van der Waals surface area contributed by atoms with E-state index in [4.69, 9.17) is 0 Å². The van der Waals surface area contributed by atoms with Gasteiger partial charge in [0.15, 0.2) is 5.65 Å². The van der Waals surface area contributed by atoms with Crippen LogP contribution in [0.5, 0.6) is 0 Å². The lowest BCUT2D eigenvalue weighted by Crippen LogP contribution is -2.40. The molecule has 1 fully saturated rings. The summed E-state index contributed by atoms with van der Waals surface area (Å²) >= 11 is 0. The van der Waals surface area contributed by atoms with Gasteiger partial charge in [0.2, 0.25) is 5.91 Å². The summed E-state index contributed by atoms with van der Waals surface area (Å²) in [6.07, 6.45) is -3.57. The van der Waals surface area contributed by atoms with E-state index in [-0.39, 0.29) is 23.3 Å². The number of halogens is 4. The van der Waals surface area contributed by atoms with Crippen molar-refractivity contribution in [3.05, 3.63) is 53.1 Å². The quantitative estimate of drug-likeness (QED) is 0.636. The molecule has 164 valence electrons. The molecule has 1 aromatic carbocycles. The largest absolute Gasteiger partial charge is 0.453 e. The monoisotopic (exact) mass is 436 g/mol. The highest BCUT2D eigenvalue weighted by atomic mass is 19.4. The maximum absolute atomic E-state index is 13.4. The SMILES string of the molecule is Cc1cc(CNC(=O)C2CCN(c3ccc4nnc(C(F)(F)F)n4n3)CC2)ccc1F. The number of nitrogens with one attached hydrogen (secondary N) is 1. The molecule has 1 amide bonds. The molecule has 7 nitrogen and oxygen atoms in total. The number of nitrogens with zero attached hydrogens (tertiary/aromatic N) is 5. The lowest BCUT2D eigenvalue weighted by atomic mass is 9.96. The summed E-state index contributed by atoms with van der Waals surface area (Å²) in [6.45, 7) is 2.94. The van der Waals surface area contributed by atoms with Crippen LogP contribution < -0.4 is 10.2 Å². The summed E-state index contributed by atoms with van der Waals surface area (Å²) in [5.74, 6) is -1.39. The van der Waals surface area contributed by atoms with E-state index in [1.54, 1.807) is 25.1 Å². The molecule has 0 spiro atoms. The molecule has 1 aliphatic heterocycles. The van der Waals surface area contributed by atoms with Gasteiger partial charge in [-0.2, -0.15) is 17.7 Å². The van der Waals surface area contributed by atoms with Crippen LogP contribution in [0.1, 0.15) is 29.8 Å². The van der Waals surface area contributed by atoms with Gasteiger partial charge >= 0.3 is 6.18 Å². The van der Waals surface area contributed by atoms with Gasteiger partial charge in [-0.15, -0.1) is 15.3 Å². The van der Waals surface area contributed by atoms with Crippen LogP contribution in [-0.4, -0.2) is 38.8 Å². The maximum Gasteiger partial charge on any atom is 0.453 e. The average Bonchev–Trinajstić information content (AvgIpc) is 3.18. The minimum atomic E-state index is -4.65. The highest BCUT2D eigenvalue weighted by molar-refractivity contribution is 5.79. The number of alkyl halides is 3. The third-order valence-corrected chi connectivity index (χ3v) is 5.38. The van der Waals surface area contributed by atoms with Crippen molar-refractivity contribution < 1.29 is 22.4 Å². The Bertz CT molecular complexity index is 1100. The van der Waals surface area contributed by atoms with E-state index in [0.29, 0.717) is 48.4 Å². The van der Waals surface area contributed by atoms with Crippen LogP contribution in [0.3, 0.4) is 0 Å². The molecular formula is C20H20F4N6O. The first-order valence-corrected chi connectivity index (χ1v) is 9.80. The fourth-order valence-electron chi connectivity index (χ4n) is 3.65. The first kappa shape index (κ1) is 21.0. The van der Waals surface area contributed by atoms with Crippen LogP contribution in [0, 0.1) is 18.7 Å². The van der Waals surface area contributed by atoms with Crippen LogP contribution in [0.25, 0.3) is 5.65 Å². The molecule has 2 aromatic heterocycles. The van der Waals surface area contributed by atoms with E-state index in [1.807, 2.05) is 4.90 Å². The number of fused-ring (bicyclic) bond motifs is 1. The summed E-state index contributed by atoms with van der Waals surface area (Å²) < 4.78 is 53.2. The zero-order valence-corrected chi connectivity index (χ0v) is 16.7. The second-order valence-corrected chi connectivity index (χ2v) is 7.55. The van der Waals surface area contributed by atoms with Crippen LogP contribution in [0.15, 0.2) is 30.3 Å². The maximum atomic E-state index is 13.4. The van der Waals surface area contributed by atoms with E-state index in [0.717, 1.165) is 5.56 Å². The predicted octanol–water partition coefficient (Wildman–Crippen LogP) is 3.12. The summed E-state index contributed by atoms with van der Waals surface area (Å²) in [6, 6.07) is 7.74. The van der Waals surface area contributed by atoms with Crippen LogP contribution in [-0.2, 0) is 17.5 Å². The number of rotatable bonds is 4. The third-order valence-electron chi connectivity index (χ3n) is 5.38. The third kappa shape index (κ3) is 4.44. The molecule has 0 radical (unpaired) electrons.